The Balaban J connectivity index is 2.70. The van der Waals surface area contributed by atoms with Crippen molar-refractivity contribution in [2.75, 3.05) is 20.1 Å². The van der Waals surface area contributed by atoms with Crippen LogP contribution in [0.25, 0.3) is 0 Å². The first kappa shape index (κ1) is 9.48. The molecule has 4 N–H and O–H groups in total. The van der Waals surface area contributed by atoms with Gasteiger partial charge in [0.2, 0.25) is 5.91 Å². The van der Waals surface area contributed by atoms with E-state index in [0.29, 0.717) is 5.92 Å². The molecule has 0 aromatic rings. The highest BCUT2D eigenvalue weighted by Gasteiger charge is 2.39. The standard InChI is InChI=1S/C8H17N3O/c1-8(10-2,7(9)12)6-3-4-11-5-6/h6,10-11H,3-5H2,1-2H3,(H2,9,12). The van der Waals surface area contributed by atoms with Crippen LogP contribution in [0.1, 0.15) is 13.3 Å². The number of hydrogen-bond acceptors (Lipinski definition) is 3. The Bertz CT molecular complexity index is 177. The van der Waals surface area contributed by atoms with Gasteiger partial charge in [0, 0.05) is 6.54 Å². The van der Waals surface area contributed by atoms with E-state index in [-0.39, 0.29) is 5.91 Å². The van der Waals surface area contributed by atoms with Gasteiger partial charge in [-0.05, 0) is 32.9 Å². The van der Waals surface area contributed by atoms with Crippen LogP contribution < -0.4 is 16.4 Å². The number of nitrogens with two attached hydrogens (primary N) is 1. The molecule has 4 nitrogen and oxygen atoms in total. The molecule has 0 bridgehead atoms. The third-order valence-corrected chi connectivity index (χ3v) is 2.91. The lowest BCUT2D eigenvalue weighted by Gasteiger charge is -2.31. The SMILES string of the molecule is CNC(C)(C(N)=O)C1CCNC1. The number of hydrogen-bond donors (Lipinski definition) is 3. The Morgan fingerprint density at radius 1 is 1.75 bits per heavy atom. The maximum atomic E-state index is 11.2. The van der Waals surface area contributed by atoms with Crippen molar-refractivity contribution < 1.29 is 4.79 Å². The molecule has 1 aliphatic heterocycles. The molecule has 2 unspecified atom stereocenters. The van der Waals surface area contributed by atoms with E-state index in [0.717, 1.165) is 19.5 Å². The predicted molar refractivity (Wildman–Crippen MR) is 47.6 cm³/mol. The Kier molecular flexibility index (Phi) is 2.69. The van der Waals surface area contributed by atoms with Gasteiger partial charge >= 0.3 is 0 Å². The maximum Gasteiger partial charge on any atom is 0.237 e. The molecule has 0 saturated carbocycles. The zero-order valence-electron chi connectivity index (χ0n) is 7.68. The summed E-state index contributed by atoms with van der Waals surface area (Å²) in [6, 6.07) is 0. The summed E-state index contributed by atoms with van der Waals surface area (Å²) in [5, 5.41) is 6.22. The second-order valence-electron chi connectivity index (χ2n) is 3.51. The molecule has 1 heterocycles. The first-order chi connectivity index (χ1) is 5.61. The molecule has 1 fully saturated rings. The average Bonchev–Trinajstić information content (AvgIpc) is 2.54. The maximum absolute atomic E-state index is 11.2. The molecule has 1 saturated heterocycles. The van der Waals surface area contributed by atoms with E-state index >= 15 is 0 Å². The Labute approximate surface area is 72.9 Å². The molecule has 0 radical (unpaired) electrons. The molecule has 0 spiro atoms. The van der Waals surface area contributed by atoms with Gasteiger partial charge in [-0.2, -0.15) is 0 Å². The van der Waals surface area contributed by atoms with Crippen LogP contribution in [0, 0.1) is 5.92 Å². The fraction of sp³-hybridized carbons (Fsp3) is 0.875. The van der Waals surface area contributed by atoms with Crippen LogP contribution in [0.5, 0.6) is 0 Å². The highest BCUT2D eigenvalue weighted by molar-refractivity contribution is 5.84. The lowest BCUT2D eigenvalue weighted by molar-refractivity contribution is -0.125. The molecule has 0 aromatic heterocycles. The molecular formula is C8H17N3O. The fourth-order valence-corrected chi connectivity index (χ4v) is 1.68. The second kappa shape index (κ2) is 3.41. The quantitative estimate of drug-likeness (QED) is 0.513. The van der Waals surface area contributed by atoms with E-state index in [9.17, 15) is 4.79 Å². The van der Waals surface area contributed by atoms with Crippen LogP contribution in [0.2, 0.25) is 0 Å². The van der Waals surface area contributed by atoms with Crippen molar-refractivity contribution in [1.82, 2.24) is 10.6 Å². The lowest BCUT2D eigenvalue weighted by atomic mass is 9.84. The van der Waals surface area contributed by atoms with Gasteiger partial charge in [0.1, 0.15) is 0 Å². The summed E-state index contributed by atoms with van der Waals surface area (Å²) in [5.74, 6) is 0.0544. The summed E-state index contributed by atoms with van der Waals surface area (Å²) < 4.78 is 0. The zero-order chi connectivity index (χ0) is 9.19. The number of primary amides is 1. The minimum absolute atomic E-state index is 0.265. The third-order valence-electron chi connectivity index (χ3n) is 2.91. The monoisotopic (exact) mass is 171 g/mol. The topological polar surface area (TPSA) is 67.1 Å². The highest BCUT2D eigenvalue weighted by atomic mass is 16.1. The predicted octanol–water partition coefficient (Wildman–Crippen LogP) is -0.941. The normalized spacial score (nSPS) is 28.3. The zero-order valence-corrected chi connectivity index (χ0v) is 7.68. The van der Waals surface area contributed by atoms with Crippen LogP contribution in [0.4, 0.5) is 0 Å². The molecule has 4 heteroatoms. The van der Waals surface area contributed by atoms with Crippen molar-refractivity contribution >= 4 is 5.91 Å². The van der Waals surface area contributed by atoms with E-state index in [1.165, 1.54) is 0 Å². The number of rotatable bonds is 3. The Morgan fingerprint density at radius 2 is 2.42 bits per heavy atom. The van der Waals surface area contributed by atoms with Gasteiger partial charge in [-0.1, -0.05) is 0 Å². The lowest BCUT2D eigenvalue weighted by Crippen LogP contribution is -2.57. The number of nitrogens with one attached hydrogen (secondary N) is 2. The van der Waals surface area contributed by atoms with E-state index in [1.807, 2.05) is 6.92 Å². The van der Waals surface area contributed by atoms with Crippen LogP contribution >= 0.6 is 0 Å². The van der Waals surface area contributed by atoms with Crippen LogP contribution in [-0.4, -0.2) is 31.6 Å². The van der Waals surface area contributed by atoms with Gasteiger partial charge in [0.25, 0.3) is 0 Å². The van der Waals surface area contributed by atoms with Crippen molar-refractivity contribution in [2.45, 2.75) is 18.9 Å². The summed E-state index contributed by atoms with van der Waals surface area (Å²) in [7, 11) is 1.78. The average molecular weight is 171 g/mol. The Hall–Kier alpha value is -0.610. The van der Waals surface area contributed by atoms with E-state index in [2.05, 4.69) is 10.6 Å². The Morgan fingerprint density at radius 3 is 2.75 bits per heavy atom. The van der Waals surface area contributed by atoms with Gasteiger partial charge < -0.3 is 16.4 Å². The number of amides is 1. The molecule has 0 aliphatic carbocycles. The van der Waals surface area contributed by atoms with E-state index < -0.39 is 5.54 Å². The molecule has 1 amide bonds. The van der Waals surface area contributed by atoms with Crippen molar-refractivity contribution in [3.05, 3.63) is 0 Å². The first-order valence-electron chi connectivity index (χ1n) is 4.31. The minimum atomic E-state index is -0.552. The first-order valence-corrected chi connectivity index (χ1v) is 4.31. The molecular weight excluding hydrogens is 154 g/mol. The molecule has 2 atom stereocenters. The minimum Gasteiger partial charge on any atom is -0.368 e. The van der Waals surface area contributed by atoms with Crippen LogP contribution in [-0.2, 0) is 4.79 Å². The van der Waals surface area contributed by atoms with E-state index in [4.69, 9.17) is 5.73 Å². The summed E-state index contributed by atoms with van der Waals surface area (Å²) in [6.07, 6.45) is 1.01. The third kappa shape index (κ3) is 1.44. The summed E-state index contributed by atoms with van der Waals surface area (Å²) >= 11 is 0. The molecule has 70 valence electrons. The van der Waals surface area contributed by atoms with Gasteiger partial charge in [-0.15, -0.1) is 0 Å². The summed E-state index contributed by atoms with van der Waals surface area (Å²) in [4.78, 5) is 11.2. The van der Waals surface area contributed by atoms with Gasteiger partial charge in [0.05, 0.1) is 5.54 Å². The summed E-state index contributed by atoms with van der Waals surface area (Å²) in [5.41, 5.74) is 4.78. The molecule has 12 heavy (non-hydrogen) atoms. The van der Waals surface area contributed by atoms with Crippen LogP contribution in [0.15, 0.2) is 0 Å². The van der Waals surface area contributed by atoms with Crippen molar-refractivity contribution in [1.29, 1.82) is 0 Å². The van der Waals surface area contributed by atoms with Crippen LogP contribution in [0.3, 0.4) is 0 Å². The fourth-order valence-electron chi connectivity index (χ4n) is 1.68. The van der Waals surface area contributed by atoms with Crippen molar-refractivity contribution in [3.8, 4) is 0 Å². The van der Waals surface area contributed by atoms with E-state index in [1.54, 1.807) is 7.05 Å². The molecule has 0 aromatic carbocycles. The molecule has 1 rings (SSSR count). The van der Waals surface area contributed by atoms with Gasteiger partial charge in [-0.25, -0.2) is 0 Å². The highest BCUT2D eigenvalue weighted by Crippen LogP contribution is 2.22. The van der Waals surface area contributed by atoms with Crippen molar-refractivity contribution in [3.63, 3.8) is 0 Å². The molecule has 1 aliphatic rings. The number of likely N-dealkylation sites (N-methyl/N-ethyl adjacent to an activating group) is 1. The number of carbonyl (C=O) groups excluding carboxylic acids is 1. The van der Waals surface area contributed by atoms with Gasteiger partial charge in [0.15, 0.2) is 0 Å². The van der Waals surface area contributed by atoms with Crippen molar-refractivity contribution in [2.24, 2.45) is 11.7 Å². The smallest absolute Gasteiger partial charge is 0.237 e. The van der Waals surface area contributed by atoms with Gasteiger partial charge in [-0.3, -0.25) is 4.79 Å². The summed E-state index contributed by atoms with van der Waals surface area (Å²) in [6.45, 7) is 3.72. The largest absolute Gasteiger partial charge is 0.368 e. The second-order valence-corrected chi connectivity index (χ2v) is 3.51. The number of carbonyl (C=O) groups is 1.